The average Bonchev–Trinajstić information content (AvgIpc) is 3.43. The lowest BCUT2D eigenvalue weighted by Gasteiger charge is -2.40. The van der Waals surface area contributed by atoms with Crippen LogP contribution in [-0.4, -0.2) is 89.7 Å². The summed E-state index contributed by atoms with van der Waals surface area (Å²) < 4.78 is 0. The first-order chi connectivity index (χ1) is 15.2. The predicted octanol–water partition coefficient (Wildman–Crippen LogP) is 0.763. The molecule has 0 aromatic carbocycles. The van der Waals surface area contributed by atoms with E-state index in [2.05, 4.69) is 73.8 Å². The van der Waals surface area contributed by atoms with Crippen molar-refractivity contribution in [2.24, 2.45) is 10.8 Å². The second kappa shape index (κ2) is 9.06. The van der Waals surface area contributed by atoms with Gasteiger partial charge in [0.25, 0.3) is 0 Å². The molecular formula is C23H36N8. The minimum absolute atomic E-state index is 0.0924. The van der Waals surface area contributed by atoms with E-state index in [0.717, 1.165) is 69.5 Å². The Hall–Kier alpha value is -2.29. The van der Waals surface area contributed by atoms with Crippen LogP contribution in [0.5, 0.6) is 0 Å². The van der Waals surface area contributed by atoms with Crippen molar-refractivity contribution >= 4 is 5.84 Å². The van der Waals surface area contributed by atoms with Crippen molar-refractivity contribution in [3.05, 3.63) is 48.0 Å². The van der Waals surface area contributed by atoms with E-state index in [1.54, 1.807) is 0 Å². The summed E-state index contributed by atoms with van der Waals surface area (Å²) in [6.45, 7) is 9.64. The number of dihydropyridines is 1. The van der Waals surface area contributed by atoms with Crippen molar-refractivity contribution in [1.29, 1.82) is 0 Å². The number of allylic oxidation sites excluding steroid dienone is 2. The van der Waals surface area contributed by atoms with Gasteiger partial charge in [0.15, 0.2) is 0 Å². The summed E-state index contributed by atoms with van der Waals surface area (Å²) in [5, 5.41) is 14.4. The Morgan fingerprint density at radius 1 is 1.13 bits per heavy atom. The SMILES string of the molecule is C[C@H]1CCCN1C1=NN2C(C3=CC=CC(N4CCN(CCCN)CC4)N3)=CNC2C=C1. The van der Waals surface area contributed by atoms with Crippen LogP contribution in [0.4, 0.5) is 0 Å². The molecular weight excluding hydrogens is 388 g/mol. The minimum Gasteiger partial charge on any atom is -0.365 e. The van der Waals surface area contributed by atoms with Crippen molar-refractivity contribution in [2.45, 2.75) is 44.6 Å². The second-order valence-corrected chi connectivity index (χ2v) is 9.06. The van der Waals surface area contributed by atoms with Crippen LogP contribution in [0.3, 0.4) is 0 Å². The Kier molecular flexibility index (Phi) is 6.02. The van der Waals surface area contributed by atoms with Crippen LogP contribution >= 0.6 is 0 Å². The fourth-order valence-corrected chi connectivity index (χ4v) is 5.12. The van der Waals surface area contributed by atoms with Gasteiger partial charge in [-0.05, 0) is 63.6 Å². The van der Waals surface area contributed by atoms with Gasteiger partial charge in [-0.15, -0.1) is 0 Å². The predicted molar refractivity (Wildman–Crippen MR) is 125 cm³/mol. The van der Waals surface area contributed by atoms with Gasteiger partial charge in [-0.1, -0.05) is 6.08 Å². The Balaban J connectivity index is 1.23. The largest absolute Gasteiger partial charge is 0.365 e. The van der Waals surface area contributed by atoms with Crippen LogP contribution in [-0.2, 0) is 0 Å². The number of nitrogens with two attached hydrogens (primary N) is 1. The van der Waals surface area contributed by atoms with Crippen molar-refractivity contribution in [3.63, 3.8) is 0 Å². The van der Waals surface area contributed by atoms with Gasteiger partial charge < -0.3 is 26.2 Å². The van der Waals surface area contributed by atoms with Crippen molar-refractivity contribution < 1.29 is 0 Å². The molecule has 2 fully saturated rings. The summed E-state index contributed by atoms with van der Waals surface area (Å²) in [5.41, 5.74) is 7.90. The monoisotopic (exact) mass is 424 g/mol. The fraction of sp³-hybridized carbons (Fsp3) is 0.609. The first kappa shape index (κ1) is 20.6. The van der Waals surface area contributed by atoms with E-state index in [1.807, 2.05) is 0 Å². The van der Waals surface area contributed by atoms with Crippen molar-refractivity contribution in [1.82, 2.24) is 30.3 Å². The molecule has 0 aliphatic carbocycles. The number of fused-ring (bicyclic) bond motifs is 1. The maximum atomic E-state index is 5.67. The minimum atomic E-state index is 0.0924. The van der Waals surface area contributed by atoms with E-state index in [1.165, 1.54) is 12.8 Å². The molecule has 0 amide bonds. The number of hydrazone groups is 1. The summed E-state index contributed by atoms with van der Waals surface area (Å²) in [6, 6.07) is 0.561. The average molecular weight is 425 g/mol. The van der Waals surface area contributed by atoms with E-state index in [4.69, 9.17) is 10.8 Å². The highest BCUT2D eigenvalue weighted by atomic mass is 15.6. The maximum Gasteiger partial charge on any atom is 0.149 e. The number of nitrogens with zero attached hydrogens (tertiary/aromatic N) is 5. The summed E-state index contributed by atoms with van der Waals surface area (Å²) in [5.74, 6) is 1.08. The molecule has 8 nitrogen and oxygen atoms in total. The summed E-state index contributed by atoms with van der Waals surface area (Å²) in [4.78, 5) is 7.48. The topological polar surface area (TPSA) is 75.4 Å². The summed E-state index contributed by atoms with van der Waals surface area (Å²) >= 11 is 0. The highest BCUT2D eigenvalue weighted by Crippen LogP contribution is 2.28. The molecule has 0 bridgehead atoms. The van der Waals surface area contributed by atoms with Gasteiger partial charge in [-0.2, -0.15) is 5.10 Å². The van der Waals surface area contributed by atoms with Crippen LogP contribution in [0.25, 0.3) is 0 Å². The van der Waals surface area contributed by atoms with E-state index in [9.17, 15) is 0 Å². The van der Waals surface area contributed by atoms with Gasteiger partial charge in [0.05, 0.1) is 11.9 Å². The van der Waals surface area contributed by atoms with Crippen LogP contribution in [0, 0.1) is 0 Å². The molecule has 5 aliphatic rings. The summed E-state index contributed by atoms with van der Waals surface area (Å²) in [6.07, 6.45) is 17.0. The van der Waals surface area contributed by atoms with E-state index >= 15 is 0 Å². The molecule has 5 rings (SSSR count). The van der Waals surface area contributed by atoms with Gasteiger partial charge >= 0.3 is 0 Å². The second-order valence-electron chi connectivity index (χ2n) is 9.06. The third-order valence-electron chi connectivity index (χ3n) is 7.00. The number of likely N-dealkylation sites (tertiary alicyclic amines) is 1. The van der Waals surface area contributed by atoms with Crippen molar-refractivity contribution in [3.8, 4) is 0 Å². The lowest BCUT2D eigenvalue weighted by Crippen LogP contribution is -2.54. The van der Waals surface area contributed by atoms with E-state index in [-0.39, 0.29) is 12.3 Å². The number of piperazine rings is 1. The summed E-state index contributed by atoms with van der Waals surface area (Å²) in [7, 11) is 0. The zero-order chi connectivity index (χ0) is 21.2. The standard InChI is InChI=1S/C23H36N8/c1-18-5-3-12-30(18)23-9-8-21-25-17-20(31(21)27-23)19-6-2-7-22(26-19)29-15-13-28(14-16-29)11-4-10-24/h2,6-9,17-18,21-22,25-26H,3-5,10-16,24H2,1H3/t18-,21?,22?/m0/s1. The third-order valence-corrected chi connectivity index (χ3v) is 7.00. The number of amidine groups is 1. The molecule has 5 aliphatic heterocycles. The van der Waals surface area contributed by atoms with Crippen LogP contribution in [0.15, 0.2) is 53.1 Å². The quantitative estimate of drug-likeness (QED) is 0.602. The van der Waals surface area contributed by atoms with Crippen LogP contribution < -0.4 is 16.4 Å². The molecule has 8 heteroatoms. The molecule has 0 saturated carbocycles. The Bertz CT molecular complexity index is 804. The van der Waals surface area contributed by atoms with Crippen molar-refractivity contribution in [2.75, 3.05) is 45.8 Å². The van der Waals surface area contributed by atoms with Gasteiger partial charge in [-0.3, -0.25) is 4.90 Å². The Morgan fingerprint density at radius 3 is 2.77 bits per heavy atom. The van der Waals surface area contributed by atoms with Gasteiger partial charge in [0.2, 0.25) is 0 Å². The molecule has 5 heterocycles. The lowest BCUT2D eigenvalue weighted by atomic mass is 10.1. The van der Waals surface area contributed by atoms with Gasteiger partial charge in [0, 0.05) is 45.0 Å². The molecule has 0 aromatic heterocycles. The molecule has 31 heavy (non-hydrogen) atoms. The highest BCUT2D eigenvalue weighted by molar-refractivity contribution is 5.94. The molecule has 2 saturated heterocycles. The Labute approximate surface area is 185 Å². The molecule has 0 radical (unpaired) electrons. The normalized spacial score (nSPS) is 31.2. The Morgan fingerprint density at radius 2 is 2.00 bits per heavy atom. The number of nitrogens with one attached hydrogen (secondary N) is 2. The molecule has 168 valence electrons. The maximum absolute atomic E-state index is 5.67. The molecule has 3 atom stereocenters. The van der Waals surface area contributed by atoms with E-state index in [0.29, 0.717) is 6.04 Å². The smallest absolute Gasteiger partial charge is 0.149 e. The fourth-order valence-electron chi connectivity index (χ4n) is 5.12. The van der Waals surface area contributed by atoms with Gasteiger partial charge in [-0.25, -0.2) is 5.01 Å². The molecule has 0 spiro atoms. The number of rotatable bonds is 5. The van der Waals surface area contributed by atoms with Crippen LogP contribution in [0.2, 0.25) is 0 Å². The third kappa shape index (κ3) is 4.24. The lowest BCUT2D eigenvalue weighted by molar-refractivity contribution is 0.102. The zero-order valence-corrected chi connectivity index (χ0v) is 18.6. The highest BCUT2D eigenvalue weighted by Gasteiger charge is 2.33. The zero-order valence-electron chi connectivity index (χ0n) is 18.6. The molecule has 0 aromatic rings. The molecule has 4 N–H and O–H groups in total. The molecule has 2 unspecified atom stereocenters. The van der Waals surface area contributed by atoms with E-state index < -0.39 is 0 Å². The van der Waals surface area contributed by atoms with Gasteiger partial charge in [0.1, 0.15) is 17.7 Å². The number of hydrogen-bond acceptors (Lipinski definition) is 8. The number of hydrogen-bond donors (Lipinski definition) is 3. The van der Waals surface area contributed by atoms with Crippen LogP contribution in [0.1, 0.15) is 26.2 Å². The first-order valence-corrected chi connectivity index (χ1v) is 11.8. The first-order valence-electron chi connectivity index (χ1n) is 11.8.